The van der Waals surface area contributed by atoms with Crippen molar-refractivity contribution in [2.24, 2.45) is 0 Å². The molecule has 2 aromatic rings. The van der Waals surface area contributed by atoms with E-state index in [1.54, 1.807) is 0 Å². The molecule has 1 aliphatic carbocycles. The minimum Gasteiger partial charge on any atom is -0.373 e. The third-order valence-corrected chi connectivity index (χ3v) is 5.25. The Balaban J connectivity index is 1.62. The van der Waals surface area contributed by atoms with Gasteiger partial charge in [0.1, 0.15) is 11.5 Å². The van der Waals surface area contributed by atoms with Gasteiger partial charge in [-0.15, -0.1) is 0 Å². The molecule has 3 heterocycles. The Morgan fingerprint density at radius 3 is 2.88 bits per heavy atom. The van der Waals surface area contributed by atoms with Crippen molar-refractivity contribution < 1.29 is 4.79 Å². The Morgan fingerprint density at radius 1 is 1.32 bits per heavy atom. The van der Waals surface area contributed by atoms with Crippen molar-refractivity contribution in [3.05, 3.63) is 41.3 Å². The fraction of sp³-hybridized carbons (Fsp3) is 0.526. The first-order chi connectivity index (χ1) is 12.2. The zero-order chi connectivity index (χ0) is 17.4. The predicted octanol–water partition coefficient (Wildman–Crippen LogP) is 3.19. The molecular formula is C19H25N5O. The number of nitrogens with one attached hydrogen (secondary N) is 1. The van der Waals surface area contributed by atoms with E-state index in [1.807, 2.05) is 47.9 Å². The Bertz CT molecular complexity index is 780. The lowest BCUT2D eigenvalue weighted by atomic mass is 10.1. The number of pyridine rings is 1. The van der Waals surface area contributed by atoms with Gasteiger partial charge in [-0.2, -0.15) is 5.10 Å². The van der Waals surface area contributed by atoms with Gasteiger partial charge in [0.05, 0.1) is 11.7 Å². The SMILES string of the molecule is CCn1nc(C2CC2)cc1C(=O)N1CCC[C@@H]1c1ccnc(NC)c1. The average molecular weight is 339 g/mol. The molecule has 0 bridgehead atoms. The topological polar surface area (TPSA) is 63.1 Å². The molecule has 0 radical (unpaired) electrons. The summed E-state index contributed by atoms with van der Waals surface area (Å²) >= 11 is 0. The van der Waals surface area contributed by atoms with Crippen LogP contribution < -0.4 is 5.32 Å². The number of rotatable bonds is 5. The van der Waals surface area contributed by atoms with Crippen LogP contribution in [0.5, 0.6) is 0 Å². The van der Waals surface area contributed by atoms with E-state index in [0.717, 1.165) is 48.7 Å². The standard InChI is InChI=1S/C19H25N5O/c1-3-24-17(12-15(22-24)13-6-7-13)19(25)23-10-4-5-16(23)14-8-9-21-18(11-14)20-2/h8-9,11-13,16H,3-7,10H2,1-2H3,(H,20,21)/t16-/m1/s1. The molecule has 6 nitrogen and oxygen atoms in total. The van der Waals surface area contributed by atoms with E-state index in [-0.39, 0.29) is 11.9 Å². The zero-order valence-electron chi connectivity index (χ0n) is 14.9. The maximum absolute atomic E-state index is 13.3. The molecule has 1 saturated carbocycles. The largest absolute Gasteiger partial charge is 0.373 e. The number of amides is 1. The second-order valence-electron chi connectivity index (χ2n) is 6.93. The van der Waals surface area contributed by atoms with Crippen LogP contribution in [-0.2, 0) is 6.54 Å². The molecule has 1 aliphatic heterocycles. The molecule has 0 aromatic carbocycles. The highest BCUT2D eigenvalue weighted by atomic mass is 16.2. The lowest BCUT2D eigenvalue weighted by Gasteiger charge is -2.25. The highest BCUT2D eigenvalue weighted by Gasteiger charge is 2.34. The van der Waals surface area contributed by atoms with Crippen molar-refractivity contribution in [3.63, 3.8) is 0 Å². The molecule has 1 saturated heterocycles. The quantitative estimate of drug-likeness (QED) is 0.909. The third kappa shape index (κ3) is 3.01. The summed E-state index contributed by atoms with van der Waals surface area (Å²) in [6, 6.07) is 6.20. The van der Waals surface area contributed by atoms with Crippen LogP contribution in [0.3, 0.4) is 0 Å². The number of nitrogens with zero attached hydrogens (tertiary/aromatic N) is 4. The smallest absolute Gasteiger partial charge is 0.272 e. The van der Waals surface area contributed by atoms with Crippen molar-refractivity contribution in [2.75, 3.05) is 18.9 Å². The van der Waals surface area contributed by atoms with E-state index >= 15 is 0 Å². The van der Waals surface area contributed by atoms with Gasteiger partial charge in [-0.05, 0) is 56.4 Å². The second-order valence-corrected chi connectivity index (χ2v) is 6.93. The Morgan fingerprint density at radius 2 is 2.16 bits per heavy atom. The van der Waals surface area contributed by atoms with Gasteiger partial charge in [-0.1, -0.05) is 0 Å². The van der Waals surface area contributed by atoms with Crippen molar-refractivity contribution in [1.29, 1.82) is 0 Å². The average Bonchev–Trinajstić information content (AvgIpc) is 3.23. The monoisotopic (exact) mass is 339 g/mol. The van der Waals surface area contributed by atoms with Crippen LogP contribution in [0.15, 0.2) is 24.4 Å². The van der Waals surface area contributed by atoms with Crippen LogP contribution >= 0.6 is 0 Å². The number of hydrogen-bond donors (Lipinski definition) is 1. The van der Waals surface area contributed by atoms with Crippen LogP contribution in [0.1, 0.15) is 66.3 Å². The number of aromatic nitrogens is 3. The summed E-state index contributed by atoms with van der Waals surface area (Å²) in [7, 11) is 1.86. The van der Waals surface area contributed by atoms with Crippen LogP contribution in [0.25, 0.3) is 0 Å². The van der Waals surface area contributed by atoms with Crippen LogP contribution in [0, 0.1) is 0 Å². The normalized spacial score (nSPS) is 20.1. The maximum atomic E-state index is 13.3. The lowest BCUT2D eigenvalue weighted by molar-refractivity contribution is 0.0723. The molecule has 1 N–H and O–H groups in total. The molecule has 6 heteroatoms. The second kappa shape index (κ2) is 6.50. The van der Waals surface area contributed by atoms with Gasteiger partial charge in [-0.3, -0.25) is 9.48 Å². The van der Waals surface area contributed by atoms with E-state index in [2.05, 4.69) is 15.4 Å². The first-order valence-corrected chi connectivity index (χ1v) is 9.23. The fourth-order valence-corrected chi connectivity index (χ4v) is 3.72. The summed E-state index contributed by atoms with van der Waals surface area (Å²) in [6.07, 6.45) is 6.23. The van der Waals surface area contributed by atoms with E-state index < -0.39 is 0 Å². The first kappa shape index (κ1) is 16.1. The molecule has 1 amide bonds. The van der Waals surface area contributed by atoms with Crippen LogP contribution in [0.4, 0.5) is 5.82 Å². The summed E-state index contributed by atoms with van der Waals surface area (Å²) in [4.78, 5) is 19.5. The molecule has 132 valence electrons. The Kier molecular flexibility index (Phi) is 4.19. The van der Waals surface area contributed by atoms with Gasteiger partial charge < -0.3 is 10.2 Å². The molecule has 1 atom stereocenters. The number of anilines is 1. The molecule has 0 spiro atoms. The first-order valence-electron chi connectivity index (χ1n) is 9.23. The molecule has 25 heavy (non-hydrogen) atoms. The zero-order valence-corrected chi connectivity index (χ0v) is 14.9. The Labute approximate surface area is 148 Å². The van der Waals surface area contributed by atoms with E-state index in [4.69, 9.17) is 0 Å². The molecular weight excluding hydrogens is 314 g/mol. The van der Waals surface area contributed by atoms with Crippen molar-refractivity contribution in [2.45, 2.75) is 51.1 Å². The summed E-state index contributed by atoms with van der Waals surface area (Å²) in [6.45, 7) is 3.57. The summed E-state index contributed by atoms with van der Waals surface area (Å²) in [5.74, 6) is 1.50. The van der Waals surface area contributed by atoms with Gasteiger partial charge in [0.15, 0.2) is 0 Å². The number of carbonyl (C=O) groups is 1. The molecule has 2 aromatic heterocycles. The maximum Gasteiger partial charge on any atom is 0.272 e. The lowest BCUT2D eigenvalue weighted by Crippen LogP contribution is -2.32. The third-order valence-electron chi connectivity index (χ3n) is 5.25. The molecule has 2 fully saturated rings. The highest BCUT2D eigenvalue weighted by molar-refractivity contribution is 5.93. The van der Waals surface area contributed by atoms with Crippen molar-refractivity contribution in [3.8, 4) is 0 Å². The molecule has 4 rings (SSSR count). The minimum absolute atomic E-state index is 0.103. The predicted molar refractivity (Wildman–Crippen MR) is 96.7 cm³/mol. The number of carbonyl (C=O) groups excluding carboxylic acids is 1. The fourth-order valence-electron chi connectivity index (χ4n) is 3.72. The number of hydrogen-bond acceptors (Lipinski definition) is 4. The van der Waals surface area contributed by atoms with Crippen LogP contribution in [-0.4, -0.2) is 39.2 Å². The molecule has 0 unspecified atom stereocenters. The van der Waals surface area contributed by atoms with E-state index in [0.29, 0.717) is 5.92 Å². The van der Waals surface area contributed by atoms with Crippen molar-refractivity contribution >= 4 is 11.7 Å². The van der Waals surface area contributed by atoms with Gasteiger partial charge in [0, 0.05) is 32.3 Å². The number of likely N-dealkylation sites (tertiary alicyclic amines) is 1. The van der Waals surface area contributed by atoms with E-state index in [9.17, 15) is 4.79 Å². The van der Waals surface area contributed by atoms with Gasteiger partial charge in [-0.25, -0.2) is 4.98 Å². The van der Waals surface area contributed by atoms with Gasteiger partial charge in [0.25, 0.3) is 5.91 Å². The summed E-state index contributed by atoms with van der Waals surface area (Å²) < 4.78 is 1.87. The van der Waals surface area contributed by atoms with E-state index in [1.165, 1.54) is 12.8 Å². The minimum atomic E-state index is 0.103. The van der Waals surface area contributed by atoms with Gasteiger partial charge >= 0.3 is 0 Å². The Hall–Kier alpha value is -2.37. The highest BCUT2D eigenvalue weighted by Crippen LogP contribution is 2.40. The van der Waals surface area contributed by atoms with Crippen molar-refractivity contribution in [1.82, 2.24) is 19.7 Å². The van der Waals surface area contributed by atoms with Gasteiger partial charge in [0.2, 0.25) is 0 Å². The summed E-state index contributed by atoms with van der Waals surface area (Å²) in [5.41, 5.74) is 2.97. The molecule has 2 aliphatic rings. The van der Waals surface area contributed by atoms with Crippen LogP contribution in [0.2, 0.25) is 0 Å². The number of aryl methyl sites for hydroxylation is 1. The summed E-state index contributed by atoms with van der Waals surface area (Å²) in [5, 5.41) is 7.74.